The average molecular weight is 427 g/mol. The average Bonchev–Trinajstić information content (AvgIpc) is 3.41. The molecule has 8 nitrogen and oxygen atoms in total. The molecule has 2 aromatic rings. The van der Waals surface area contributed by atoms with E-state index in [2.05, 4.69) is 14.9 Å². The third-order valence-corrected chi connectivity index (χ3v) is 6.45. The Labute approximate surface area is 169 Å². The number of ether oxygens (including phenoxy) is 1. The maximum absolute atomic E-state index is 13.9. The zero-order chi connectivity index (χ0) is 20.9. The number of hydrogen-bond acceptors (Lipinski definition) is 5. The van der Waals surface area contributed by atoms with Gasteiger partial charge in [-0.1, -0.05) is 12.5 Å². The molecule has 1 saturated carbocycles. The minimum Gasteiger partial charge on any atom is -0.490 e. The van der Waals surface area contributed by atoms with E-state index in [-0.39, 0.29) is 17.2 Å². The van der Waals surface area contributed by atoms with Crippen LogP contribution < -0.4 is 15.1 Å². The summed E-state index contributed by atoms with van der Waals surface area (Å²) in [6.07, 6.45) is 5.47. The number of rotatable bonds is 12. The van der Waals surface area contributed by atoms with Gasteiger partial charge in [0.1, 0.15) is 6.33 Å². The van der Waals surface area contributed by atoms with E-state index in [4.69, 9.17) is 4.74 Å². The normalized spacial score (nSPS) is 15.4. The second kappa shape index (κ2) is 9.53. The fraction of sp³-hybridized carbons (Fsp3) is 0.579. The summed E-state index contributed by atoms with van der Waals surface area (Å²) in [5.74, 6) is 0.210. The highest BCUT2D eigenvalue weighted by molar-refractivity contribution is 7.89. The molecule has 0 amide bonds. The Morgan fingerprint density at radius 2 is 2.14 bits per heavy atom. The van der Waals surface area contributed by atoms with E-state index in [1.54, 1.807) is 19.1 Å². The summed E-state index contributed by atoms with van der Waals surface area (Å²) in [6, 6.07) is 3.94. The molecular formula is C19H27FN4O4S. The smallest absolute Gasteiger partial charge is 0.343 e. The van der Waals surface area contributed by atoms with Gasteiger partial charge in [0, 0.05) is 12.6 Å². The molecule has 0 saturated heterocycles. The monoisotopic (exact) mass is 426 g/mol. The van der Waals surface area contributed by atoms with Gasteiger partial charge in [0.15, 0.2) is 11.6 Å². The van der Waals surface area contributed by atoms with Crippen LogP contribution in [-0.4, -0.2) is 35.5 Å². The molecule has 0 radical (unpaired) electrons. The maximum atomic E-state index is 13.9. The van der Waals surface area contributed by atoms with Crippen LogP contribution >= 0.6 is 0 Å². The van der Waals surface area contributed by atoms with Gasteiger partial charge in [-0.3, -0.25) is 4.57 Å². The molecule has 0 bridgehead atoms. The molecular weight excluding hydrogens is 399 g/mol. The van der Waals surface area contributed by atoms with Crippen molar-refractivity contribution >= 4 is 10.0 Å². The third kappa shape index (κ3) is 6.67. The van der Waals surface area contributed by atoms with Crippen molar-refractivity contribution in [2.24, 2.45) is 5.92 Å². The highest BCUT2D eigenvalue weighted by Gasteiger charge is 2.23. The fourth-order valence-electron chi connectivity index (χ4n) is 2.97. The zero-order valence-electron chi connectivity index (χ0n) is 16.4. The van der Waals surface area contributed by atoms with Crippen LogP contribution in [0.2, 0.25) is 0 Å². The number of unbranched alkanes of at least 4 members (excludes halogenated alkanes) is 2. The first kappa shape index (κ1) is 21.5. The van der Waals surface area contributed by atoms with Gasteiger partial charge in [-0.2, -0.15) is 5.10 Å². The van der Waals surface area contributed by atoms with Crippen LogP contribution in [0.1, 0.15) is 50.6 Å². The molecule has 0 unspecified atom stereocenters. The molecule has 10 heteroatoms. The van der Waals surface area contributed by atoms with E-state index in [0.717, 1.165) is 12.8 Å². The summed E-state index contributed by atoms with van der Waals surface area (Å²) in [5, 5.41) is 5.96. The number of nitrogens with zero attached hydrogens (tertiary/aromatic N) is 2. The number of H-pyrrole nitrogens is 1. The van der Waals surface area contributed by atoms with E-state index in [1.807, 2.05) is 0 Å². The van der Waals surface area contributed by atoms with Gasteiger partial charge < -0.3 is 4.74 Å². The number of nitrogens with one attached hydrogen (secondary N) is 2. The second-order valence-electron chi connectivity index (χ2n) is 7.52. The van der Waals surface area contributed by atoms with Crippen LogP contribution in [0, 0.1) is 11.7 Å². The van der Waals surface area contributed by atoms with E-state index < -0.39 is 21.9 Å². The molecule has 0 aliphatic heterocycles. The van der Waals surface area contributed by atoms with Gasteiger partial charge in [0.2, 0.25) is 10.0 Å². The highest BCUT2D eigenvalue weighted by atomic mass is 32.2. The van der Waals surface area contributed by atoms with Gasteiger partial charge >= 0.3 is 5.69 Å². The third-order valence-electron chi connectivity index (χ3n) is 4.91. The van der Waals surface area contributed by atoms with Gasteiger partial charge in [0.25, 0.3) is 0 Å². The van der Waals surface area contributed by atoms with Crippen molar-refractivity contribution in [3.05, 3.63) is 46.4 Å². The number of benzene rings is 1. The standard InChI is InChI=1S/C19H27FN4O4S/c1-14(16-7-8-17(20)18(11-16)28-12-15-5-6-15)23-29(26,27)10-4-2-3-9-24-13-21-22-19(24)25/h7-8,11,13-15,23H,2-6,9-10,12H2,1H3,(H,22,25)/t14-/m1/s1. The first-order valence-electron chi connectivity index (χ1n) is 9.86. The summed E-state index contributed by atoms with van der Waals surface area (Å²) >= 11 is 0. The zero-order valence-corrected chi connectivity index (χ0v) is 17.3. The minimum atomic E-state index is -3.48. The number of hydrogen-bond donors (Lipinski definition) is 2. The van der Waals surface area contributed by atoms with Crippen molar-refractivity contribution in [2.45, 2.75) is 51.6 Å². The molecule has 1 aliphatic carbocycles. The van der Waals surface area contributed by atoms with E-state index in [1.165, 1.54) is 17.0 Å². The number of aromatic nitrogens is 3. The molecule has 1 aromatic heterocycles. The Morgan fingerprint density at radius 3 is 2.83 bits per heavy atom. The quantitative estimate of drug-likeness (QED) is 0.507. The molecule has 160 valence electrons. The van der Waals surface area contributed by atoms with Crippen LogP contribution in [0.4, 0.5) is 4.39 Å². The first-order valence-corrected chi connectivity index (χ1v) is 11.5. The molecule has 1 heterocycles. The van der Waals surface area contributed by atoms with E-state index >= 15 is 0 Å². The lowest BCUT2D eigenvalue weighted by atomic mass is 10.1. The number of sulfonamides is 1. The van der Waals surface area contributed by atoms with Gasteiger partial charge in [-0.25, -0.2) is 27.4 Å². The molecule has 0 spiro atoms. The Morgan fingerprint density at radius 1 is 1.34 bits per heavy atom. The van der Waals surface area contributed by atoms with Crippen molar-refractivity contribution in [2.75, 3.05) is 12.4 Å². The van der Waals surface area contributed by atoms with E-state index in [0.29, 0.717) is 43.9 Å². The molecule has 1 aliphatic rings. The minimum absolute atomic E-state index is 0.0101. The predicted octanol–water partition coefficient (Wildman–Crippen LogP) is 2.35. The van der Waals surface area contributed by atoms with E-state index in [9.17, 15) is 17.6 Å². The maximum Gasteiger partial charge on any atom is 0.343 e. The van der Waals surface area contributed by atoms with Crippen molar-refractivity contribution in [1.29, 1.82) is 0 Å². The van der Waals surface area contributed by atoms with Gasteiger partial charge in [-0.15, -0.1) is 0 Å². The lowest BCUT2D eigenvalue weighted by molar-refractivity contribution is 0.285. The molecule has 1 aromatic carbocycles. The number of aromatic amines is 1. The molecule has 29 heavy (non-hydrogen) atoms. The largest absolute Gasteiger partial charge is 0.490 e. The summed E-state index contributed by atoms with van der Waals surface area (Å²) in [6.45, 7) is 2.71. The van der Waals surface area contributed by atoms with Crippen molar-refractivity contribution in [3.8, 4) is 5.75 Å². The topological polar surface area (TPSA) is 106 Å². The summed E-state index contributed by atoms with van der Waals surface area (Å²) in [4.78, 5) is 11.3. The van der Waals surface area contributed by atoms with Crippen LogP contribution in [0.5, 0.6) is 5.75 Å². The summed E-state index contributed by atoms with van der Waals surface area (Å²) in [5.41, 5.74) is 0.382. The fourth-order valence-corrected chi connectivity index (χ4v) is 4.35. The SMILES string of the molecule is C[C@@H](NS(=O)(=O)CCCCCn1cn[nH]c1=O)c1ccc(F)c(OCC2CC2)c1. The van der Waals surface area contributed by atoms with Gasteiger partial charge in [0.05, 0.1) is 12.4 Å². The molecule has 2 N–H and O–H groups in total. The van der Waals surface area contributed by atoms with Crippen molar-refractivity contribution in [3.63, 3.8) is 0 Å². The van der Waals surface area contributed by atoms with Crippen LogP contribution in [0.3, 0.4) is 0 Å². The highest BCUT2D eigenvalue weighted by Crippen LogP contribution is 2.31. The molecule has 3 rings (SSSR count). The van der Waals surface area contributed by atoms with Crippen LogP contribution in [0.25, 0.3) is 0 Å². The Hall–Kier alpha value is -2.20. The Balaban J connectivity index is 1.45. The Kier molecular flexibility index (Phi) is 7.07. The summed E-state index contributed by atoms with van der Waals surface area (Å²) < 4.78 is 48.2. The van der Waals surface area contributed by atoms with Crippen LogP contribution in [-0.2, 0) is 16.6 Å². The first-order chi connectivity index (χ1) is 13.8. The lowest BCUT2D eigenvalue weighted by Gasteiger charge is -2.16. The second-order valence-corrected chi connectivity index (χ2v) is 9.39. The van der Waals surface area contributed by atoms with Crippen molar-refractivity contribution < 1.29 is 17.5 Å². The number of halogens is 1. The summed E-state index contributed by atoms with van der Waals surface area (Å²) in [7, 11) is -3.48. The predicted molar refractivity (Wildman–Crippen MR) is 107 cm³/mol. The van der Waals surface area contributed by atoms with Gasteiger partial charge in [-0.05, 0) is 56.2 Å². The number of aryl methyl sites for hydroxylation is 1. The van der Waals surface area contributed by atoms with Crippen molar-refractivity contribution in [1.82, 2.24) is 19.5 Å². The Bertz CT molecular complexity index is 969. The molecule has 1 fully saturated rings. The lowest BCUT2D eigenvalue weighted by Crippen LogP contribution is -2.29. The van der Waals surface area contributed by atoms with Crippen LogP contribution in [0.15, 0.2) is 29.3 Å². The molecule has 1 atom stereocenters.